The Bertz CT molecular complexity index is 457. The highest BCUT2D eigenvalue weighted by Gasteiger charge is 2.09. The quantitative estimate of drug-likeness (QED) is 0.492. The third-order valence-corrected chi connectivity index (χ3v) is 2.81. The van der Waals surface area contributed by atoms with Crippen molar-refractivity contribution in [3.63, 3.8) is 0 Å². The summed E-state index contributed by atoms with van der Waals surface area (Å²) >= 11 is 0. The lowest BCUT2D eigenvalue weighted by molar-refractivity contribution is 0.0924. The molecule has 1 rings (SSSR count). The molecule has 1 amide bonds. The molecule has 0 saturated carbocycles. The highest BCUT2D eigenvalue weighted by Crippen LogP contribution is 2.06. The summed E-state index contributed by atoms with van der Waals surface area (Å²) in [6, 6.07) is 3.29. The number of rotatable bonds is 8. The van der Waals surface area contributed by atoms with Crippen LogP contribution in [0, 0.1) is 11.8 Å². The van der Waals surface area contributed by atoms with Gasteiger partial charge < -0.3 is 21.2 Å². The second-order valence-electron chi connectivity index (χ2n) is 4.48. The van der Waals surface area contributed by atoms with Crippen LogP contribution in [0.15, 0.2) is 16.5 Å². The second kappa shape index (κ2) is 10.1. The highest BCUT2D eigenvalue weighted by molar-refractivity contribution is 5.91. The number of amides is 1. The summed E-state index contributed by atoms with van der Waals surface area (Å²) in [7, 11) is 0. The van der Waals surface area contributed by atoms with Crippen molar-refractivity contribution in [3.05, 3.63) is 23.7 Å². The number of nitrogens with one attached hydrogen (secondary N) is 1. The number of carbonyl (C=O) groups excluding carboxylic acids is 1. The van der Waals surface area contributed by atoms with E-state index < -0.39 is 0 Å². The van der Waals surface area contributed by atoms with E-state index in [1.807, 2.05) is 0 Å². The van der Waals surface area contributed by atoms with E-state index in [1.165, 1.54) is 0 Å². The number of hydrogen-bond donors (Lipinski definition) is 3. The molecule has 0 fully saturated rings. The maximum absolute atomic E-state index is 11.8. The van der Waals surface area contributed by atoms with Gasteiger partial charge in [0.25, 0.3) is 5.91 Å². The Kier molecular flexibility index (Phi) is 8.20. The van der Waals surface area contributed by atoms with Crippen LogP contribution in [0.3, 0.4) is 0 Å². The van der Waals surface area contributed by atoms with E-state index in [2.05, 4.69) is 17.2 Å². The Hall–Kier alpha value is -1.77. The zero-order valence-corrected chi connectivity index (χ0v) is 11.8. The predicted molar refractivity (Wildman–Crippen MR) is 79.1 cm³/mol. The first-order valence-corrected chi connectivity index (χ1v) is 7.05. The van der Waals surface area contributed by atoms with Crippen LogP contribution >= 0.6 is 0 Å². The lowest BCUT2D eigenvalue weighted by atomic mass is 10.1. The van der Waals surface area contributed by atoms with Gasteiger partial charge in [-0.3, -0.25) is 4.79 Å². The molecule has 1 heterocycles. The summed E-state index contributed by atoms with van der Waals surface area (Å²) in [5, 5.41) is 2.83. The Labute approximate surface area is 120 Å². The van der Waals surface area contributed by atoms with E-state index in [1.54, 1.807) is 12.1 Å². The third-order valence-electron chi connectivity index (χ3n) is 2.81. The Balaban J connectivity index is 2.20. The molecule has 1 aromatic heterocycles. The van der Waals surface area contributed by atoms with Crippen LogP contribution in [0.5, 0.6) is 0 Å². The molecule has 5 heteroatoms. The average molecular weight is 277 g/mol. The van der Waals surface area contributed by atoms with E-state index in [9.17, 15) is 4.79 Å². The van der Waals surface area contributed by atoms with Crippen LogP contribution in [0.25, 0.3) is 0 Å². The smallest absolute Gasteiger partial charge is 0.287 e. The van der Waals surface area contributed by atoms with E-state index in [0.29, 0.717) is 12.3 Å². The van der Waals surface area contributed by atoms with Crippen LogP contribution in [0.4, 0.5) is 0 Å². The summed E-state index contributed by atoms with van der Waals surface area (Å²) in [5.41, 5.74) is 10.7. The number of unbranched alkanes of at least 4 members (excludes halogenated alkanes) is 4. The van der Waals surface area contributed by atoms with Crippen LogP contribution in [0.1, 0.15) is 48.4 Å². The topological polar surface area (TPSA) is 94.3 Å². The molecular formula is C15H23N3O2. The van der Waals surface area contributed by atoms with Crippen molar-refractivity contribution < 1.29 is 9.21 Å². The van der Waals surface area contributed by atoms with Gasteiger partial charge in [-0.15, -0.1) is 0 Å². The normalized spacial score (nSPS) is 9.90. The molecule has 0 bridgehead atoms. The van der Waals surface area contributed by atoms with Gasteiger partial charge in [-0.2, -0.15) is 0 Å². The van der Waals surface area contributed by atoms with Crippen molar-refractivity contribution in [3.8, 4) is 11.8 Å². The molecule has 20 heavy (non-hydrogen) atoms. The summed E-state index contributed by atoms with van der Waals surface area (Å²) in [6.45, 7) is 1.68. The largest absolute Gasteiger partial charge is 0.443 e. The van der Waals surface area contributed by atoms with E-state index in [0.717, 1.165) is 38.6 Å². The number of furan rings is 1. The molecule has 110 valence electrons. The zero-order chi connectivity index (χ0) is 14.6. The van der Waals surface area contributed by atoms with Gasteiger partial charge in [0.1, 0.15) is 0 Å². The molecule has 0 aliphatic rings. The van der Waals surface area contributed by atoms with E-state index in [-0.39, 0.29) is 18.2 Å². The number of carbonyl (C=O) groups is 1. The van der Waals surface area contributed by atoms with Crippen molar-refractivity contribution in [1.82, 2.24) is 5.32 Å². The fourth-order valence-corrected chi connectivity index (χ4v) is 1.75. The molecule has 0 spiro atoms. The molecule has 0 atom stereocenters. The molecule has 0 aliphatic heterocycles. The molecular weight excluding hydrogens is 254 g/mol. The first-order chi connectivity index (χ1) is 9.77. The van der Waals surface area contributed by atoms with Crippen LogP contribution in [-0.2, 0) is 0 Å². The lowest BCUT2D eigenvalue weighted by Crippen LogP contribution is -2.23. The monoisotopic (exact) mass is 277 g/mol. The van der Waals surface area contributed by atoms with Crippen molar-refractivity contribution in [2.45, 2.75) is 32.1 Å². The number of nitrogens with two attached hydrogens (primary N) is 2. The fraction of sp³-hybridized carbons (Fsp3) is 0.533. The van der Waals surface area contributed by atoms with Gasteiger partial charge in [0.2, 0.25) is 0 Å². The Morgan fingerprint density at radius 3 is 2.65 bits per heavy atom. The predicted octanol–water partition coefficient (Wildman–Crippen LogP) is 1.23. The van der Waals surface area contributed by atoms with Crippen molar-refractivity contribution in [2.24, 2.45) is 11.5 Å². The molecule has 5 N–H and O–H groups in total. The minimum atomic E-state index is -0.201. The van der Waals surface area contributed by atoms with Crippen LogP contribution in [-0.4, -0.2) is 25.5 Å². The standard InChI is InChI=1S/C15H23N3O2/c16-10-4-2-1-3-5-12-18-15(19)14-9-8-13(20-14)7-6-11-17/h8-9H,1-5,10-12,16-17H2,(H,18,19). The third kappa shape index (κ3) is 6.41. The first kappa shape index (κ1) is 16.3. The summed E-state index contributed by atoms with van der Waals surface area (Å²) < 4.78 is 5.30. The summed E-state index contributed by atoms with van der Waals surface area (Å²) in [5.74, 6) is 5.97. The fourth-order valence-electron chi connectivity index (χ4n) is 1.75. The zero-order valence-electron chi connectivity index (χ0n) is 11.8. The molecule has 0 radical (unpaired) electrons. The minimum absolute atomic E-state index is 0.201. The van der Waals surface area contributed by atoms with Crippen molar-refractivity contribution in [1.29, 1.82) is 0 Å². The molecule has 0 saturated heterocycles. The van der Waals surface area contributed by atoms with Crippen LogP contribution < -0.4 is 16.8 Å². The maximum atomic E-state index is 11.8. The SMILES string of the molecule is NCC#Cc1ccc(C(=O)NCCCCCCCN)o1. The molecule has 5 nitrogen and oxygen atoms in total. The van der Waals surface area contributed by atoms with E-state index >= 15 is 0 Å². The van der Waals surface area contributed by atoms with Crippen LogP contribution in [0.2, 0.25) is 0 Å². The average Bonchev–Trinajstić information content (AvgIpc) is 2.93. The molecule has 0 unspecified atom stereocenters. The molecule has 0 aliphatic carbocycles. The van der Waals surface area contributed by atoms with Gasteiger partial charge in [0, 0.05) is 6.54 Å². The van der Waals surface area contributed by atoms with Gasteiger partial charge in [-0.05, 0) is 37.4 Å². The lowest BCUT2D eigenvalue weighted by Gasteiger charge is -2.03. The second-order valence-corrected chi connectivity index (χ2v) is 4.48. The van der Waals surface area contributed by atoms with Crippen molar-refractivity contribution in [2.75, 3.05) is 19.6 Å². The van der Waals surface area contributed by atoms with Gasteiger partial charge in [0.05, 0.1) is 6.54 Å². The Morgan fingerprint density at radius 1 is 1.15 bits per heavy atom. The van der Waals surface area contributed by atoms with Crippen molar-refractivity contribution >= 4 is 5.91 Å². The van der Waals surface area contributed by atoms with Gasteiger partial charge in [-0.25, -0.2) is 0 Å². The maximum Gasteiger partial charge on any atom is 0.287 e. The summed E-state index contributed by atoms with van der Waals surface area (Å²) in [4.78, 5) is 11.8. The molecule has 0 aromatic carbocycles. The van der Waals surface area contributed by atoms with E-state index in [4.69, 9.17) is 15.9 Å². The highest BCUT2D eigenvalue weighted by atomic mass is 16.3. The Morgan fingerprint density at radius 2 is 1.90 bits per heavy atom. The summed E-state index contributed by atoms with van der Waals surface area (Å²) in [6.07, 6.45) is 5.46. The number of hydrogen-bond acceptors (Lipinski definition) is 4. The molecule has 1 aromatic rings. The van der Waals surface area contributed by atoms with Gasteiger partial charge in [0.15, 0.2) is 11.5 Å². The minimum Gasteiger partial charge on any atom is -0.443 e. The van der Waals surface area contributed by atoms with Gasteiger partial charge >= 0.3 is 0 Å². The first-order valence-electron chi connectivity index (χ1n) is 7.05. The van der Waals surface area contributed by atoms with Gasteiger partial charge in [-0.1, -0.05) is 25.2 Å².